The number of hydrogen-bond donors (Lipinski definition) is 0. The van der Waals surface area contributed by atoms with Crippen molar-refractivity contribution in [2.45, 2.75) is 70.1 Å². The summed E-state index contributed by atoms with van der Waals surface area (Å²) in [5.41, 5.74) is 5.84. The zero-order chi connectivity index (χ0) is 22.7. The first-order valence-electron chi connectivity index (χ1n) is 12.7. The van der Waals surface area contributed by atoms with Crippen molar-refractivity contribution >= 4 is 0 Å². The molecule has 0 aromatic heterocycles. The van der Waals surface area contributed by atoms with Gasteiger partial charge < -0.3 is 4.74 Å². The minimum atomic E-state index is 0.147. The summed E-state index contributed by atoms with van der Waals surface area (Å²) < 4.78 is 6.27. The number of rotatable bonds is 6. The van der Waals surface area contributed by atoms with E-state index >= 15 is 0 Å². The standard InChI is InChI=1S/C31H37NO/c1-31-19-11-5-10-16-27(30(31)32(2)22-24-12-6-3-7-13-24)20-26-17-18-28(21-29(26)31)33-23-25-14-8-4-9-15-25/h3-4,6-9,12-15,17-18,21,27,30H,5,10-11,16,19-20,22-23H2,1-2H3/t27-,30-,31+/m0/s1. The first kappa shape index (κ1) is 22.2. The number of nitrogens with zero attached hydrogens (tertiary/aromatic N) is 1. The molecule has 2 aliphatic rings. The molecule has 33 heavy (non-hydrogen) atoms. The predicted octanol–water partition coefficient (Wildman–Crippen LogP) is 7.16. The number of hydrogen-bond acceptors (Lipinski definition) is 2. The van der Waals surface area contributed by atoms with Crippen LogP contribution in [0.3, 0.4) is 0 Å². The molecule has 0 aliphatic heterocycles. The maximum atomic E-state index is 6.27. The molecule has 2 bridgehead atoms. The van der Waals surface area contributed by atoms with E-state index in [9.17, 15) is 0 Å². The summed E-state index contributed by atoms with van der Waals surface area (Å²) >= 11 is 0. The van der Waals surface area contributed by atoms with Crippen LogP contribution in [0.25, 0.3) is 0 Å². The maximum Gasteiger partial charge on any atom is 0.120 e. The molecule has 0 radical (unpaired) electrons. The topological polar surface area (TPSA) is 12.5 Å². The molecular formula is C31H37NO. The summed E-state index contributed by atoms with van der Waals surface area (Å²) in [5.74, 6) is 1.72. The lowest BCUT2D eigenvalue weighted by Crippen LogP contribution is -2.55. The lowest BCUT2D eigenvalue weighted by molar-refractivity contribution is 0.0590. The van der Waals surface area contributed by atoms with E-state index < -0.39 is 0 Å². The van der Waals surface area contributed by atoms with Gasteiger partial charge in [0.2, 0.25) is 0 Å². The first-order chi connectivity index (χ1) is 16.1. The van der Waals surface area contributed by atoms with Crippen LogP contribution >= 0.6 is 0 Å². The van der Waals surface area contributed by atoms with Crippen LogP contribution in [-0.2, 0) is 25.0 Å². The minimum Gasteiger partial charge on any atom is -0.489 e. The Morgan fingerprint density at radius 2 is 1.61 bits per heavy atom. The van der Waals surface area contributed by atoms with Crippen molar-refractivity contribution in [3.8, 4) is 5.75 Å². The lowest BCUT2D eigenvalue weighted by atomic mass is 9.59. The van der Waals surface area contributed by atoms with Crippen LogP contribution in [0.15, 0.2) is 78.9 Å². The molecule has 1 fully saturated rings. The van der Waals surface area contributed by atoms with E-state index in [1.165, 1.54) is 55.2 Å². The summed E-state index contributed by atoms with van der Waals surface area (Å²) in [6.07, 6.45) is 7.82. The van der Waals surface area contributed by atoms with Gasteiger partial charge in [0.05, 0.1) is 0 Å². The van der Waals surface area contributed by atoms with Crippen LogP contribution in [0.5, 0.6) is 5.75 Å². The summed E-state index contributed by atoms with van der Waals surface area (Å²) in [4.78, 5) is 2.66. The van der Waals surface area contributed by atoms with Crippen molar-refractivity contribution in [3.05, 3.63) is 101 Å². The SMILES string of the molecule is CN(Cc1ccccc1)[C@H]1[C@H]2CCCCC[C@]1(C)c1cc(OCc3ccccc3)ccc1C2. The van der Waals surface area contributed by atoms with Gasteiger partial charge in [-0.05, 0) is 66.6 Å². The largest absolute Gasteiger partial charge is 0.489 e. The smallest absolute Gasteiger partial charge is 0.120 e. The Morgan fingerprint density at radius 1 is 0.879 bits per heavy atom. The predicted molar refractivity (Wildman–Crippen MR) is 137 cm³/mol. The van der Waals surface area contributed by atoms with Crippen LogP contribution in [0.1, 0.15) is 61.3 Å². The Kier molecular flexibility index (Phi) is 6.55. The Balaban J connectivity index is 1.45. The zero-order valence-corrected chi connectivity index (χ0v) is 20.2. The molecule has 0 saturated heterocycles. The van der Waals surface area contributed by atoms with Gasteiger partial charge in [0, 0.05) is 18.0 Å². The van der Waals surface area contributed by atoms with Crippen molar-refractivity contribution < 1.29 is 4.74 Å². The molecule has 0 amide bonds. The quantitative estimate of drug-likeness (QED) is 0.404. The third-order valence-corrected chi connectivity index (χ3v) is 8.05. The molecule has 0 spiro atoms. The highest BCUT2D eigenvalue weighted by Gasteiger charge is 2.47. The van der Waals surface area contributed by atoms with E-state index in [0.717, 1.165) is 12.3 Å². The van der Waals surface area contributed by atoms with Crippen LogP contribution < -0.4 is 4.74 Å². The number of likely N-dealkylation sites (N-methyl/N-ethyl adjacent to an activating group) is 1. The summed E-state index contributed by atoms with van der Waals surface area (Å²) in [5, 5.41) is 0. The fourth-order valence-electron chi connectivity index (χ4n) is 6.60. The molecule has 1 saturated carbocycles. The summed E-state index contributed by atoms with van der Waals surface area (Å²) in [6.45, 7) is 4.17. The molecule has 2 aliphatic carbocycles. The second-order valence-electron chi connectivity index (χ2n) is 10.4. The molecule has 0 unspecified atom stereocenters. The average molecular weight is 440 g/mol. The first-order valence-corrected chi connectivity index (χ1v) is 12.7. The number of fused-ring (bicyclic) bond motifs is 4. The zero-order valence-electron chi connectivity index (χ0n) is 20.2. The van der Waals surface area contributed by atoms with E-state index in [1.54, 1.807) is 5.56 Å². The summed E-state index contributed by atoms with van der Waals surface area (Å²) in [6, 6.07) is 28.9. The van der Waals surface area contributed by atoms with Crippen molar-refractivity contribution in [1.82, 2.24) is 4.90 Å². The molecule has 0 N–H and O–H groups in total. The van der Waals surface area contributed by atoms with Gasteiger partial charge in [-0.2, -0.15) is 0 Å². The average Bonchev–Trinajstić information content (AvgIpc) is 2.83. The second-order valence-corrected chi connectivity index (χ2v) is 10.4. The van der Waals surface area contributed by atoms with Crippen LogP contribution in [0.4, 0.5) is 0 Å². The normalized spacial score (nSPS) is 24.6. The van der Waals surface area contributed by atoms with E-state index in [-0.39, 0.29) is 5.41 Å². The Labute approximate surface area is 199 Å². The minimum absolute atomic E-state index is 0.147. The number of benzene rings is 3. The van der Waals surface area contributed by atoms with Gasteiger partial charge in [0.25, 0.3) is 0 Å². The monoisotopic (exact) mass is 439 g/mol. The third kappa shape index (κ3) is 4.73. The van der Waals surface area contributed by atoms with Gasteiger partial charge in [-0.3, -0.25) is 4.90 Å². The van der Waals surface area contributed by atoms with E-state index in [1.807, 2.05) is 0 Å². The highest BCUT2D eigenvalue weighted by Crippen LogP contribution is 2.49. The Morgan fingerprint density at radius 3 is 2.36 bits per heavy atom. The molecule has 2 heteroatoms. The fourth-order valence-corrected chi connectivity index (χ4v) is 6.60. The maximum absolute atomic E-state index is 6.27. The highest BCUT2D eigenvalue weighted by molar-refractivity contribution is 5.44. The molecular weight excluding hydrogens is 402 g/mol. The van der Waals surface area contributed by atoms with Gasteiger partial charge in [-0.1, -0.05) is 92.9 Å². The lowest BCUT2D eigenvalue weighted by Gasteiger charge is -2.52. The van der Waals surface area contributed by atoms with Gasteiger partial charge >= 0.3 is 0 Å². The van der Waals surface area contributed by atoms with Crippen LogP contribution in [0, 0.1) is 5.92 Å². The summed E-state index contributed by atoms with van der Waals surface area (Å²) in [7, 11) is 2.35. The van der Waals surface area contributed by atoms with Gasteiger partial charge in [0.15, 0.2) is 0 Å². The molecule has 3 atom stereocenters. The van der Waals surface area contributed by atoms with E-state index in [2.05, 4.69) is 97.7 Å². The Bertz CT molecular complexity index is 1050. The molecule has 3 aromatic rings. The molecule has 172 valence electrons. The van der Waals surface area contributed by atoms with Crippen molar-refractivity contribution in [1.29, 1.82) is 0 Å². The van der Waals surface area contributed by atoms with Gasteiger partial charge in [-0.15, -0.1) is 0 Å². The number of ether oxygens (including phenoxy) is 1. The molecule has 0 heterocycles. The Hall–Kier alpha value is -2.58. The second kappa shape index (κ2) is 9.73. The van der Waals surface area contributed by atoms with Crippen LogP contribution in [-0.4, -0.2) is 18.0 Å². The van der Waals surface area contributed by atoms with Gasteiger partial charge in [-0.25, -0.2) is 0 Å². The van der Waals surface area contributed by atoms with Gasteiger partial charge in [0.1, 0.15) is 12.4 Å². The van der Waals surface area contributed by atoms with Crippen molar-refractivity contribution in [2.75, 3.05) is 7.05 Å². The van der Waals surface area contributed by atoms with E-state index in [0.29, 0.717) is 18.6 Å². The third-order valence-electron chi connectivity index (χ3n) is 8.05. The highest BCUT2D eigenvalue weighted by atomic mass is 16.5. The fraction of sp³-hybridized carbons (Fsp3) is 0.419. The van der Waals surface area contributed by atoms with Crippen molar-refractivity contribution in [3.63, 3.8) is 0 Å². The molecule has 3 aromatic carbocycles. The molecule has 5 rings (SSSR count). The molecule has 2 nitrogen and oxygen atoms in total. The van der Waals surface area contributed by atoms with Crippen LogP contribution in [0.2, 0.25) is 0 Å². The van der Waals surface area contributed by atoms with Crippen molar-refractivity contribution in [2.24, 2.45) is 5.92 Å². The van der Waals surface area contributed by atoms with E-state index in [4.69, 9.17) is 4.74 Å².